The largest absolute Gasteiger partial charge is 0.440 e. The highest BCUT2D eigenvalue weighted by Gasteiger charge is 2.28. The third-order valence-electron chi connectivity index (χ3n) is 3.41. The minimum Gasteiger partial charge on any atom is -0.440 e. The maximum atomic E-state index is 12.2. The fourth-order valence-electron chi connectivity index (χ4n) is 2.32. The third-order valence-corrected chi connectivity index (χ3v) is 4.76. The second-order valence-electron chi connectivity index (χ2n) is 4.93. The van der Waals surface area contributed by atoms with Crippen LogP contribution in [0.15, 0.2) is 21.5 Å². The van der Waals surface area contributed by atoms with Gasteiger partial charge >= 0.3 is 0 Å². The average molecular weight is 314 g/mol. The SMILES string of the molecule is CC1CN=C(N2CCN(C(=O)c3ccc(Cl)o3)CC2)S1. The smallest absolute Gasteiger partial charge is 0.289 e. The zero-order valence-corrected chi connectivity index (χ0v) is 12.8. The van der Waals surface area contributed by atoms with Crippen LogP contribution >= 0.6 is 23.4 Å². The molecule has 3 rings (SSSR count). The Morgan fingerprint density at radius 1 is 1.40 bits per heavy atom. The lowest BCUT2D eigenvalue weighted by atomic mass is 10.3. The number of hydrogen-bond donors (Lipinski definition) is 0. The Balaban J connectivity index is 1.57. The van der Waals surface area contributed by atoms with E-state index in [2.05, 4.69) is 16.8 Å². The highest BCUT2D eigenvalue weighted by atomic mass is 35.5. The number of carbonyl (C=O) groups excluding carboxylic acids is 1. The summed E-state index contributed by atoms with van der Waals surface area (Å²) in [5.41, 5.74) is 0. The summed E-state index contributed by atoms with van der Waals surface area (Å²) in [6.45, 7) is 6.08. The maximum absolute atomic E-state index is 12.2. The molecule has 2 aliphatic heterocycles. The lowest BCUT2D eigenvalue weighted by Crippen LogP contribution is -2.49. The Bertz CT molecular complexity index is 537. The molecule has 108 valence electrons. The molecule has 20 heavy (non-hydrogen) atoms. The highest BCUT2D eigenvalue weighted by Crippen LogP contribution is 2.24. The lowest BCUT2D eigenvalue weighted by Gasteiger charge is -2.35. The highest BCUT2D eigenvalue weighted by molar-refractivity contribution is 8.14. The molecule has 3 heterocycles. The van der Waals surface area contributed by atoms with Crippen molar-refractivity contribution in [3.05, 3.63) is 23.1 Å². The van der Waals surface area contributed by atoms with Crippen LogP contribution in [0.4, 0.5) is 0 Å². The Hall–Kier alpha value is -1.14. The molecule has 0 aliphatic carbocycles. The molecular formula is C13H16ClN3O2S. The Labute approximate surface area is 127 Å². The van der Waals surface area contributed by atoms with E-state index in [-0.39, 0.29) is 11.1 Å². The molecule has 0 radical (unpaired) electrons. The zero-order valence-electron chi connectivity index (χ0n) is 11.2. The van der Waals surface area contributed by atoms with Gasteiger partial charge in [0.2, 0.25) is 0 Å². The summed E-state index contributed by atoms with van der Waals surface area (Å²) >= 11 is 7.52. The van der Waals surface area contributed by atoms with Crippen LogP contribution in [0, 0.1) is 0 Å². The molecule has 0 bridgehead atoms. The Morgan fingerprint density at radius 2 is 2.15 bits per heavy atom. The molecule has 0 saturated carbocycles. The van der Waals surface area contributed by atoms with Crippen molar-refractivity contribution in [1.29, 1.82) is 0 Å². The van der Waals surface area contributed by atoms with Gasteiger partial charge in [-0.15, -0.1) is 0 Å². The van der Waals surface area contributed by atoms with Gasteiger partial charge in [-0.3, -0.25) is 9.79 Å². The number of piperazine rings is 1. The van der Waals surface area contributed by atoms with Crippen molar-refractivity contribution in [2.75, 3.05) is 32.7 Å². The zero-order chi connectivity index (χ0) is 14.1. The predicted octanol–water partition coefficient (Wildman–Crippen LogP) is 2.18. The molecule has 2 aliphatic rings. The first kappa shape index (κ1) is 13.8. The van der Waals surface area contributed by atoms with Crippen LogP contribution in [0.25, 0.3) is 0 Å². The number of aliphatic imine (C=N–C) groups is 1. The third kappa shape index (κ3) is 2.81. The number of amides is 1. The van der Waals surface area contributed by atoms with Gasteiger partial charge in [-0.1, -0.05) is 18.7 Å². The lowest BCUT2D eigenvalue weighted by molar-refractivity contribution is 0.0662. The van der Waals surface area contributed by atoms with Crippen molar-refractivity contribution in [3.8, 4) is 0 Å². The molecule has 1 aromatic heterocycles. The first-order valence-corrected chi connectivity index (χ1v) is 7.90. The van der Waals surface area contributed by atoms with Gasteiger partial charge in [-0.25, -0.2) is 0 Å². The number of hydrogen-bond acceptors (Lipinski definition) is 5. The molecule has 1 aromatic rings. The number of thioether (sulfide) groups is 1. The summed E-state index contributed by atoms with van der Waals surface area (Å²) in [5, 5.41) is 1.93. The molecular weight excluding hydrogens is 298 g/mol. The second-order valence-corrected chi connectivity index (χ2v) is 6.71. The van der Waals surface area contributed by atoms with E-state index in [1.54, 1.807) is 17.0 Å². The van der Waals surface area contributed by atoms with E-state index in [0.29, 0.717) is 24.1 Å². The molecule has 0 N–H and O–H groups in total. The maximum Gasteiger partial charge on any atom is 0.289 e. The average Bonchev–Trinajstić information content (AvgIpc) is 3.07. The van der Waals surface area contributed by atoms with Crippen LogP contribution in [0.3, 0.4) is 0 Å². The second kappa shape index (κ2) is 5.69. The van der Waals surface area contributed by atoms with E-state index < -0.39 is 0 Å². The topological polar surface area (TPSA) is 49.0 Å². The first-order valence-electron chi connectivity index (χ1n) is 6.64. The summed E-state index contributed by atoms with van der Waals surface area (Å²) < 4.78 is 5.17. The van der Waals surface area contributed by atoms with Crippen LogP contribution in [-0.2, 0) is 0 Å². The fourth-order valence-corrected chi connectivity index (χ4v) is 3.46. The van der Waals surface area contributed by atoms with Crippen LogP contribution in [0.5, 0.6) is 0 Å². The standard InChI is InChI=1S/C13H16ClN3O2S/c1-9-8-15-13(20-9)17-6-4-16(5-7-17)12(18)10-2-3-11(14)19-10/h2-3,9H,4-8H2,1H3. The molecule has 1 atom stereocenters. The van der Waals surface area contributed by atoms with Crippen molar-refractivity contribution in [3.63, 3.8) is 0 Å². The molecule has 1 fully saturated rings. The van der Waals surface area contributed by atoms with E-state index in [1.165, 1.54) is 0 Å². The molecule has 5 nitrogen and oxygen atoms in total. The van der Waals surface area contributed by atoms with Gasteiger partial charge in [0, 0.05) is 31.4 Å². The van der Waals surface area contributed by atoms with Crippen LogP contribution in [0.2, 0.25) is 5.22 Å². The van der Waals surface area contributed by atoms with Crippen LogP contribution in [-0.4, -0.2) is 58.8 Å². The molecule has 1 saturated heterocycles. The van der Waals surface area contributed by atoms with Crippen molar-refractivity contribution in [1.82, 2.24) is 9.80 Å². The van der Waals surface area contributed by atoms with Gasteiger partial charge in [0.05, 0.1) is 6.54 Å². The minimum absolute atomic E-state index is 0.0917. The van der Waals surface area contributed by atoms with Crippen LogP contribution in [0.1, 0.15) is 17.5 Å². The van der Waals surface area contributed by atoms with Gasteiger partial charge in [0.1, 0.15) is 0 Å². The summed E-state index contributed by atoms with van der Waals surface area (Å²) in [6, 6.07) is 3.21. The summed E-state index contributed by atoms with van der Waals surface area (Å²) in [6.07, 6.45) is 0. The number of furan rings is 1. The van der Waals surface area contributed by atoms with Crippen molar-refractivity contribution in [2.45, 2.75) is 12.2 Å². The predicted molar refractivity (Wildman–Crippen MR) is 80.5 cm³/mol. The number of nitrogens with zero attached hydrogens (tertiary/aromatic N) is 3. The van der Waals surface area contributed by atoms with Gasteiger partial charge < -0.3 is 14.2 Å². The van der Waals surface area contributed by atoms with Crippen LogP contribution < -0.4 is 0 Å². The van der Waals surface area contributed by atoms with E-state index in [1.807, 2.05) is 11.8 Å². The van der Waals surface area contributed by atoms with Gasteiger partial charge in [0.25, 0.3) is 5.91 Å². The van der Waals surface area contributed by atoms with E-state index in [4.69, 9.17) is 16.0 Å². The minimum atomic E-state index is -0.0917. The molecule has 0 aromatic carbocycles. The van der Waals surface area contributed by atoms with E-state index in [9.17, 15) is 4.79 Å². The molecule has 1 amide bonds. The Morgan fingerprint density at radius 3 is 2.70 bits per heavy atom. The number of halogens is 1. The number of rotatable bonds is 1. The number of amidine groups is 1. The fraction of sp³-hybridized carbons (Fsp3) is 0.538. The van der Waals surface area contributed by atoms with Crippen molar-refractivity contribution < 1.29 is 9.21 Å². The quantitative estimate of drug-likeness (QED) is 0.797. The number of carbonyl (C=O) groups is 1. The van der Waals surface area contributed by atoms with E-state index in [0.717, 1.165) is 24.8 Å². The van der Waals surface area contributed by atoms with Gasteiger partial charge in [0.15, 0.2) is 16.1 Å². The normalized spacial score (nSPS) is 23.1. The van der Waals surface area contributed by atoms with Crippen molar-refractivity contribution >= 4 is 34.4 Å². The first-order chi connectivity index (χ1) is 9.63. The Kier molecular flexibility index (Phi) is 3.94. The van der Waals surface area contributed by atoms with Gasteiger partial charge in [-0.2, -0.15) is 0 Å². The molecule has 7 heteroatoms. The molecule has 0 spiro atoms. The van der Waals surface area contributed by atoms with Crippen molar-refractivity contribution in [2.24, 2.45) is 4.99 Å². The van der Waals surface area contributed by atoms with E-state index >= 15 is 0 Å². The summed E-state index contributed by atoms with van der Waals surface area (Å²) in [5.74, 6) is 0.218. The summed E-state index contributed by atoms with van der Waals surface area (Å²) in [7, 11) is 0. The van der Waals surface area contributed by atoms with Gasteiger partial charge in [-0.05, 0) is 23.7 Å². The molecule has 1 unspecified atom stereocenters. The monoisotopic (exact) mass is 313 g/mol. The summed E-state index contributed by atoms with van der Waals surface area (Å²) in [4.78, 5) is 20.8.